The number of carbonyl (C=O) groups excluding carboxylic acids is 1. The number of aliphatic carboxylic acids is 1. The number of hydrogen-bond acceptors (Lipinski definition) is 5. The fourth-order valence-corrected chi connectivity index (χ4v) is 4.40. The molecule has 6 nitrogen and oxygen atoms in total. The van der Waals surface area contributed by atoms with Crippen molar-refractivity contribution >= 4 is 23.2 Å². The molecule has 27 heavy (non-hydrogen) atoms. The van der Waals surface area contributed by atoms with Crippen LogP contribution in [0.5, 0.6) is 5.75 Å². The van der Waals surface area contributed by atoms with Crippen LogP contribution in [0.3, 0.4) is 0 Å². The van der Waals surface area contributed by atoms with E-state index in [2.05, 4.69) is 10.3 Å². The van der Waals surface area contributed by atoms with Crippen LogP contribution < -0.4 is 10.1 Å². The molecule has 1 amide bonds. The van der Waals surface area contributed by atoms with Gasteiger partial charge in [-0.3, -0.25) is 9.59 Å². The maximum Gasteiger partial charge on any atom is 0.305 e. The number of carbonyl (C=O) groups is 2. The number of thiazole rings is 1. The van der Waals surface area contributed by atoms with E-state index in [1.165, 1.54) is 11.3 Å². The normalized spacial score (nSPS) is 15.4. The molecular formula is C20H24N2O4S. The molecule has 1 fully saturated rings. The van der Waals surface area contributed by atoms with Gasteiger partial charge in [0.2, 0.25) is 5.91 Å². The van der Waals surface area contributed by atoms with Crippen molar-refractivity contribution < 1.29 is 19.4 Å². The molecule has 1 saturated carbocycles. The fourth-order valence-electron chi connectivity index (χ4n) is 3.57. The number of ether oxygens (including phenoxy) is 1. The Morgan fingerprint density at radius 3 is 2.59 bits per heavy atom. The van der Waals surface area contributed by atoms with Gasteiger partial charge in [0.15, 0.2) is 0 Å². The van der Waals surface area contributed by atoms with Crippen LogP contribution in [0.1, 0.15) is 44.7 Å². The number of carboxylic acids is 1. The first-order valence-corrected chi connectivity index (χ1v) is 10.1. The lowest BCUT2D eigenvalue weighted by Gasteiger charge is -2.28. The molecule has 0 atom stereocenters. The van der Waals surface area contributed by atoms with Crippen LogP contribution in [0, 0.1) is 0 Å². The molecule has 2 aromatic rings. The zero-order valence-corrected chi connectivity index (χ0v) is 16.2. The van der Waals surface area contributed by atoms with Gasteiger partial charge in [0, 0.05) is 10.9 Å². The molecular weight excluding hydrogens is 364 g/mol. The quantitative estimate of drug-likeness (QED) is 0.720. The molecule has 0 aliphatic heterocycles. The summed E-state index contributed by atoms with van der Waals surface area (Å²) in [5.74, 6) is -0.219. The lowest BCUT2D eigenvalue weighted by Crippen LogP contribution is -2.48. The summed E-state index contributed by atoms with van der Waals surface area (Å²) >= 11 is 1.49. The molecule has 1 aliphatic rings. The van der Waals surface area contributed by atoms with Gasteiger partial charge in [-0.1, -0.05) is 12.8 Å². The summed E-state index contributed by atoms with van der Waals surface area (Å²) in [6.45, 7) is 2.57. The van der Waals surface area contributed by atoms with E-state index in [1.54, 1.807) is 0 Å². The summed E-state index contributed by atoms with van der Waals surface area (Å²) in [5, 5.41) is 14.9. The Morgan fingerprint density at radius 1 is 1.26 bits per heavy atom. The van der Waals surface area contributed by atoms with E-state index in [0.29, 0.717) is 12.3 Å². The van der Waals surface area contributed by atoms with Crippen LogP contribution in [-0.4, -0.2) is 34.1 Å². The Balaban J connectivity index is 1.63. The van der Waals surface area contributed by atoms with E-state index in [0.717, 1.165) is 42.0 Å². The number of carboxylic acid groups (broad SMARTS) is 1. The van der Waals surface area contributed by atoms with Crippen molar-refractivity contribution in [3.05, 3.63) is 35.3 Å². The predicted molar refractivity (Wildman–Crippen MR) is 104 cm³/mol. The van der Waals surface area contributed by atoms with Crippen LogP contribution in [-0.2, 0) is 16.0 Å². The van der Waals surface area contributed by atoms with Gasteiger partial charge in [0.05, 0.1) is 30.7 Å². The molecule has 7 heteroatoms. The van der Waals surface area contributed by atoms with Crippen molar-refractivity contribution in [3.8, 4) is 16.3 Å². The maximum atomic E-state index is 12.5. The fraction of sp³-hybridized carbons (Fsp3) is 0.450. The van der Waals surface area contributed by atoms with Crippen molar-refractivity contribution in [1.82, 2.24) is 10.3 Å². The van der Waals surface area contributed by atoms with E-state index in [-0.39, 0.29) is 18.7 Å². The van der Waals surface area contributed by atoms with Gasteiger partial charge in [0.1, 0.15) is 10.8 Å². The SMILES string of the molecule is CCOc1ccc(-c2nc(CC(=O)NC3(CC(=O)O)CCCC3)cs2)cc1. The minimum atomic E-state index is -0.872. The standard InChI is InChI=1S/C20H24N2O4S/c1-2-26-16-7-5-14(6-8-16)19-21-15(13-27-19)11-17(23)22-20(12-18(24)25)9-3-4-10-20/h5-8,13H,2-4,9-12H2,1H3,(H,22,23)(H,24,25). The number of hydrogen-bond donors (Lipinski definition) is 2. The van der Waals surface area contributed by atoms with E-state index in [9.17, 15) is 9.59 Å². The van der Waals surface area contributed by atoms with Crippen molar-refractivity contribution in [2.45, 2.75) is 51.0 Å². The second kappa shape index (κ2) is 8.52. The van der Waals surface area contributed by atoms with Crippen LogP contribution >= 0.6 is 11.3 Å². The second-order valence-electron chi connectivity index (χ2n) is 6.88. The number of nitrogens with one attached hydrogen (secondary N) is 1. The monoisotopic (exact) mass is 388 g/mol. The van der Waals surface area contributed by atoms with Crippen molar-refractivity contribution in [2.24, 2.45) is 0 Å². The van der Waals surface area contributed by atoms with E-state index < -0.39 is 11.5 Å². The minimum Gasteiger partial charge on any atom is -0.494 e. The summed E-state index contributed by atoms with van der Waals surface area (Å²) in [4.78, 5) is 28.2. The highest BCUT2D eigenvalue weighted by Crippen LogP contribution is 2.33. The van der Waals surface area contributed by atoms with Gasteiger partial charge >= 0.3 is 5.97 Å². The molecule has 0 bridgehead atoms. The molecule has 2 N–H and O–H groups in total. The first-order valence-electron chi connectivity index (χ1n) is 9.20. The van der Waals surface area contributed by atoms with E-state index in [1.807, 2.05) is 36.6 Å². The van der Waals surface area contributed by atoms with Gasteiger partial charge in [-0.25, -0.2) is 4.98 Å². The highest BCUT2D eigenvalue weighted by atomic mass is 32.1. The van der Waals surface area contributed by atoms with Crippen LogP contribution in [0.25, 0.3) is 10.6 Å². The van der Waals surface area contributed by atoms with Crippen LogP contribution in [0.4, 0.5) is 0 Å². The predicted octanol–water partition coefficient (Wildman–Crippen LogP) is 3.66. The lowest BCUT2D eigenvalue weighted by molar-refractivity contribution is -0.139. The van der Waals surface area contributed by atoms with Gasteiger partial charge in [-0.05, 0) is 44.0 Å². The summed E-state index contributed by atoms with van der Waals surface area (Å²) in [6.07, 6.45) is 3.49. The summed E-state index contributed by atoms with van der Waals surface area (Å²) < 4.78 is 5.44. The first-order chi connectivity index (χ1) is 13.0. The van der Waals surface area contributed by atoms with E-state index in [4.69, 9.17) is 9.84 Å². The third-order valence-corrected chi connectivity index (χ3v) is 5.70. The lowest BCUT2D eigenvalue weighted by atomic mass is 9.93. The number of amides is 1. The zero-order chi connectivity index (χ0) is 19.3. The number of aromatic nitrogens is 1. The Bertz CT molecular complexity index is 795. The minimum absolute atomic E-state index is 0.0206. The second-order valence-corrected chi connectivity index (χ2v) is 7.74. The third-order valence-electron chi connectivity index (χ3n) is 4.76. The molecule has 1 aliphatic carbocycles. The number of nitrogens with zero attached hydrogens (tertiary/aromatic N) is 1. The average molecular weight is 388 g/mol. The highest BCUT2D eigenvalue weighted by molar-refractivity contribution is 7.13. The van der Waals surface area contributed by atoms with Crippen molar-refractivity contribution in [1.29, 1.82) is 0 Å². The first kappa shape index (κ1) is 19.4. The van der Waals surface area contributed by atoms with Crippen molar-refractivity contribution in [2.75, 3.05) is 6.61 Å². The smallest absolute Gasteiger partial charge is 0.305 e. The number of benzene rings is 1. The Morgan fingerprint density at radius 2 is 1.96 bits per heavy atom. The molecule has 1 aromatic carbocycles. The molecule has 3 rings (SSSR count). The van der Waals surface area contributed by atoms with Gasteiger partial charge < -0.3 is 15.2 Å². The molecule has 0 saturated heterocycles. The number of rotatable bonds is 8. The zero-order valence-electron chi connectivity index (χ0n) is 15.4. The highest BCUT2D eigenvalue weighted by Gasteiger charge is 2.37. The Hall–Kier alpha value is -2.41. The van der Waals surface area contributed by atoms with Gasteiger partial charge in [-0.2, -0.15) is 0 Å². The van der Waals surface area contributed by atoms with Gasteiger partial charge in [-0.15, -0.1) is 11.3 Å². The Kier molecular flexibility index (Phi) is 6.11. The van der Waals surface area contributed by atoms with Gasteiger partial charge in [0.25, 0.3) is 0 Å². The molecule has 1 aromatic heterocycles. The maximum absolute atomic E-state index is 12.5. The summed E-state index contributed by atoms with van der Waals surface area (Å²) in [6, 6.07) is 7.72. The van der Waals surface area contributed by atoms with E-state index >= 15 is 0 Å². The summed E-state index contributed by atoms with van der Waals surface area (Å²) in [7, 11) is 0. The molecule has 144 valence electrons. The third kappa shape index (κ3) is 5.07. The molecule has 0 spiro atoms. The topological polar surface area (TPSA) is 88.5 Å². The molecule has 0 unspecified atom stereocenters. The largest absolute Gasteiger partial charge is 0.494 e. The summed E-state index contributed by atoms with van der Waals surface area (Å²) in [5.41, 5.74) is 1.08. The van der Waals surface area contributed by atoms with Crippen LogP contribution in [0.15, 0.2) is 29.6 Å². The van der Waals surface area contributed by atoms with Crippen molar-refractivity contribution in [3.63, 3.8) is 0 Å². The molecule has 1 heterocycles. The average Bonchev–Trinajstić information content (AvgIpc) is 3.25. The molecule has 0 radical (unpaired) electrons. The Labute approximate surface area is 162 Å². The van der Waals surface area contributed by atoms with Crippen LogP contribution in [0.2, 0.25) is 0 Å².